The Hall–Kier alpha value is -2.70. The number of ether oxygens (including phenoxy) is 1. The molecule has 2 aromatic carbocycles. The highest BCUT2D eigenvalue weighted by Gasteiger charge is 2.59. The fourth-order valence-corrected chi connectivity index (χ4v) is 3.93. The molecule has 27 heavy (non-hydrogen) atoms. The molecule has 2 aromatic rings. The average molecular weight is 366 g/mol. The van der Waals surface area contributed by atoms with Gasteiger partial charge in [-0.1, -0.05) is 48.5 Å². The van der Waals surface area contributed by atoms with E-state index < -0.39 is 17.7 Å². The van der Waals surface area contributed by atoms with Gasteiger partial charge >= 0.3 is 5.91 Å². The zero-order valence-corrected chi connectivity index (χ0v) is 16.0. The Morgan fingerprint density at radius 3 is 2.37 bits per heavy atom. The highest BCUT2D eigenvalue weighted by Crippen LogP contribution is 2.50. The standard InChI is InChI=1S/C21H23N3O3/c1-21(14-10-6-5-7-11-14)23-18(15-12-8-9-13-16(15)27-21)17(19(25)22-23)20(26)24(2,3)4/h5-13,17-18H,1-4H3/p+1. The molecule has 0 radical (unpaired) electrons. The number of hydrogen-bond acceptors (Lipinski definition) is 4. The lowest BCUT2D eigenvalue weighted by atomic mass is 9.87. The Labute approximate surface area is 158 Å². The molecule has 2 amide bonds. The van der Waals surface area contributed by atoms with Crippen LogP contribution in [0.2, 0.25) is 0 Å². The fourth-order valence-electron chi connectivity index (χ4n) is 3.93. The summed E-state index contributed by atoms with van der Waals surface area (Å²) in [5.41, 5.74) is 3.76. The van der Waals surface area contributed by atoms with Crippen molar-refractivity contribution in [1.82, 2.24) is 10.4 Å². The van der Waals surface area contributed by atoms with E-state index in [1.165, 1.54) is 0 Å². The highest BCUT2D eigenvalue weighted by molar-refractivity contribution is 6.00. The first-order valence-corrected chi connectivity index (χ1v) is 9.02. The van der Waals surface area contributed by atoms with Gasteiger partial charge in [0.2, 0.25) is 5.72 Å². The largest absolute Gasteiger partial charge is 0.467 e. The fraction of sp³-hybridized carbons (Fsp3) is 0.333. The maximum atomic E-state index is 13.1. The summed E-state index contributed by atoms with van der Waals surface area (Å²) >= 11 is 0. The van der Waals surface area contributed by atoms with Gasteiger partial charge in [0.05, 0.1) is 27.2 Å². The molecular weight excluding hydrogens is 342 g/mol. The summed E-state index contributed by atoms with van der Waals surface area (Å²) in [5, 5.41) is 1.80. The quantitative estimate of drug-likeness (QED) is 0.654. The minimum absolute atomic E-state index is 0.0769. The number of amides is 2. The molecule has 2 heterocycles. The van der Waals surface area contributed by atoms with Crippen LogP contribution in [0.4, 0.5) is 0 Å². The van der Waals surface area contributed by atoms with Gasteiger partial charge in [-0.25, -0.2) is 4.79 Å². The van der Waals surface area contributed by atoms with Crippen molar-refractivity contribution in [2.75, 3.05) is 21.1 Å². The minimum atomic E-state index is -0.921. The second kappa shape index (κ2) is 5.90. The third kappa shape index (κ3) is 2.64. The molecule has 140 valence electrons. The number of para-hydroxylation sites is 1. The molecule has 6 nitrogen and oxygen atoms in total. The van der Waals surface area contributed by atoms with Crippen molar-refractivity contribution < 1.29 is 18.8 Å². The number of nitrogens with zero attached hydrogens (tertiary/aromatic N) is 2. The molecule has 3 atom stereocenters. The van der Waals surface area contributed by atoms with Crippen molar-refractivity contribution >= 4 is 11.8 Å². The van der Waals surface area contributed by atoms with E-state index in [9.17, 15) is 9.59 Å². The van der Waals surface area contributed by atoms with Gasteiger partial charge in [-0.2, -0.15) is 5.01 Å². The van der Waals surface area contributed by atoms with Crippen LogP contribution in [0.5, 0.6) is 5.75 Å². The lowest BCUT2D eigenvalue weighted by Gasteiger charge is -2.46. The van der Waals surface area contributed by atoms with Crippen LogP contribution in [0.25, 0.3) is 0 Å². The SMILES string of the molecule is CC1(c2ccccc2)Oc2ccccc2C2C(C(=O)[N+](C)(C)C)C(=O)NN21. The van der Waals surface area contributed by atoms with Crippen molar-refractivity contribution in [3.63, 3.8) is 0 Å². The summed E-state index contributed by atoms with van der Waals surface area (Å²) < 4.78 is 6.45. The first kappa shape index (κ1) is 17.7. The van der Waals surface area contributed by atoms with Crippen molar-refractivity contribution in [1.29, 1.82) is 0 Å². The molecule has 0 spiro atoms. The second-order valence-corrected chi connectivity index (χ2v) is 8.11. The van der Waals surface area contributed by atoms with Crippen LogP contribution in [-0.2, 0) is 15.3 Å². The molecule has 0 aliphatic carbocycles. The maximum absolute atomic E-state index is 13.1. The normalized spacial score (nSPS) is 27.3. The van der Waals surface area contributed by atoms with Gasteiger partial charge in [-0.05, 0) is 13.0 Å². The molecule has 6 heteroatoms. The van der Waals surface area contributed by atoms with Crippen LogP contribution in [0.3, 0.4) is 0 Å². The van der Waals surface area contributed by atoms with Gasteiger partial charge < -0.3 is 4.74 Å². The predicted octanol–water partition coefficient (Wildman–Crippen LogP) is 2.19. The first-order valence-electron chi connectivity index (χ1n) is 9.02. The van der Waals surface area contributed by atoms with E-state index in [1.807, 2.05) is 61.5 Å². The second-order valence-electron chi connectivity index (χ2n) is 8.11. The van der Waals surface area contributed by atoms with Crippen molar-refractivity contribution in [2.45, 2.75) is 18.7 Å². The molecule has 1 saturated heterocycles. The summed E-state index contributed by atoms with van der Waals surface area (Å²) in [7, 11) is 5.37. The third-order valence-corrected chi connectivity index (χ3v) is 5.35. The lowest BCUT2D eigenvalue weighted by molar-refractivity contribution is -0.793. The van der Waals surface area contributed by atoms with Crippen LogP contribution < -0.4 is 10.2 Å². The van der Waals surface area contributed by atoms with E-state index in [2.05, 4.69) is 5.43 Å². The van der Waals surface area contributed by atoms with Crippen molar-refractivity contribution in [3.05, 3.63) is 65.7 Å². The number of nitrogens with one attached hydrogen (secondary N) is 1. The number of carbonyl (C=O) groups excluding carboxylic acids is 2. The van der Waals surface area contributed by atoms with E-state index in [0.29, 0.717) is 5.75 Å². The smallest absolute Gasteiger partial charge is 0.327 e. The van der Waals surface area contributed by atoms with Crippen LogP contribution in [0.15, 0.2) is 54.6 Å². The van der Waals surface area contributed by atoms with E-state index in [1.54, 1.807) is 26.2 Å². The third-order valence-electron chi connectivity index (χ3n) is 5.35. The minimum Gasteiger partial charge on any atom is -0.467 e. The number of carbonyl (C=O) groups is 2. The molecule has 1 N–H and O–H groups in total. The van der Waals surface area contributed by atoms with Crippen LogP contribution in [-0.4, -0.2) is 42.4 Å². The molecule has 0 aromatic heterocycles. The number of hydrazine groups is 1. The molecule has 0 saturated carbocycles. The predicted molar refractivity (Wildman–Crippen MR) is 100 cm³/mol. The van der Waals surface area contributed by atoms with Gasteiger partial charge in [-0.3, -0.25) is 14.7 Å². The summed E-state index contributed by atoms with van der Waals surface area (Å²) in [5.74, 6) is -0.536. The number of benzene rings is 2. The molecule has 2 aliphatic heterocycles. The number of hydrogen-bond donors (Lipinski definition) is 1. The van der Waals surface area contributed by atoms with E-state index in [-0.39, 0.29) is 16.3 Å². The molecule has 2 aliphatic rings. The molecule has 0 bridgehead atoms. The monoisotopic (exact) mass is 366 g/mol. The Morgan fingerprint density at radius 1 is 1.07 bits per heavy atom. The average Bonchev–Trinajstić information content (AvgIpc) is 2.99. The van der Waals surface area contributed by atoms with Gasteiger partial charge in [0.25, 0.3) is 5.91 Å². The zero-order chi connectivity index (χ0) is 19.4. The van der Waals surface area contributed by atoms with Crippen LogP contribution >= 0.6 is 0 Å². The topological polar surface area (TPSA) is 58.6 Å². The summed E-state index contributed by atoms with van der Waals surface area (Å²) in [6.45, 7) is 1.92. The summed E-state index contributed by atoms with van der Waals surface area (Å²) in [6.07, 6.45) is 0. The van der Waals surface area contributed by atoms with Crippen LogP contribution in [0.1, 0.15) is 24.1 Å². The van der Waals surface area contributed by atoms with Gasteiger partial charge in [0.1, 0.15) is 5.75 Å². The van der Waals surface area contributed by atoms with Gasteiger partial charge in [0.15, 0.2) is 5.92 Å². The molecular formula is C21H24N3O3+. The highest BCUT2D eigenvalue weighted by atomic mass is 16.5. The maximum Gasteiger partial charge on any atom is 0.327 e. The summed E-state index contributed by atoms with van der Waals surface area (Å²) in [6, 6.07) is 16.9. The van der Waals surface area contributed by atoms with Gasteiger partial charge in [-0.15, -0.1) is 0 Å². The van der Waals surface area contributed by atoms with E-state index >= 15 is 0 Å². The lowest BCUT2D eigenvalue weighted by Crippen LogP contribution is -2.56. The molecule has 3 unspecified atom stereocenters. The number of fused-ring (bicyclic) bond motifs is 3. The Kier molecular flexibility index (Phi) is 3.87. The van der Waals surface area contributed by atoms with Crippen molar-refractivity contribution in [3.8, 4) is 5.75 Å². The summed E-state index contributed by atoms with van der Waals surface area (Å²) in [4.78, 5) is 26.1. The Morgan fingerprint density at radius 2 is 1.70 bits per heavy atom. The van der Waals surface area contributed by atoms with E-state index in [4.69, 9.17) is 4.74 Å². The number of quaternary nitrogens is 1. The molecule has 4 rings (SSSR count). The first-order chi connectivity index (χ1) is 12.7. The van der Waals surface area contributed by atoms with E-state index in [0.717, 1.165) is 11.1 Å². The van der Waals surface area contributed by atoms with Gasteiger partial charge in [0, 0.05) is 11.1 Å². The number of rotatable bonds is 2. The Bertz CT molecular complexity index is 906. The van der Waals surface area contributed by atoms with Crippen molar-refractivity contribution in [2.24, 2.45) is 5.92 Å². The molecule has 1 fully saturated rings. The van der Waals surface area contributed by atoms with Crippen LogP contribution in [0, 0.1) is 5.92 Å². The zero-order valence-electron chi connectivity index (χ0n) is 16.0. The Balaban J connectivity index is 1.89.